The third-order valence-corrected chi connectivity index (χ3v) is 3.40. The van der Waals surface area contributed by atoms with Gasteiger partial charge in [-0.25, -0.2) is 4.79 Å². The standard InChI is InChI=1S/C8H20NO4.C7H6O3/c10-5-1-9(2-6-11,3-7-12)4-8-13;8-6-3-1-5(2-4-6)7(9)10/h10-13H,1-8H2;1-4,8H,(H,9,10)/q+1;/p-1. The molecule has 0 spiro atoms. The van der Waals surface area contributed by atoms with E-state index in [0.29, 0.717) is 30.7 Å². The quantitative estimate of drug-likeness (QED) is 0.337. The van der Waals surface area contributed by atoms with Crippen LogP contribution in [0.4, 0.5) is 0 Å². The van der Waals surface area contributed by atoms with E-state index in [2.05, 4.69) is 0 Å². The first-order valence-electron chi connectivity index (χ1n) is 7.23. The summed E-state index contributed by atoms with van der Waals surface area (Å²) in [4.78, 5) is 10.2. The van der Waals surface area contributed by atoms with Gasteiger partial charge in [0.2, 0.25) is 0 Å². The van der Waals surface area contributed by atoms with Crippen LogP contribution in [0, 0.1) is 0 Å². The smallest absolute Gasteiger partial charge is 0.335 e. The van der Waals surface area contributed by atoms with Gasteiger partial charge in [0.1, 0.15) is 26.2 Å². The molecule has 0 radical (unpaired) electrons. The van der Waals surface area contributed by atoms with Crippen LogP contribution < -0.4 is 5.11 Å². The van der Waals surface area contributed by atoms with Gasteiger partial charge < -0.3 is 35.1 Å². The molecule has 0 atom stereocenters. The number of hydrogen-bond acceptors (Lipinski definition) is 6. The third kappa shape index (κ3) is 8.48. The normalized spacial score (nSPS) is 10.8. The fourth-order valence-electron chi connectivity index (χ4n) is 2.12. The molecule has 1 aromatic rings. The SMILES string of the molecule is O=C(O)c1ccc([O-])cc1.OCC[N+](CCO)(CCO)CCO. The van der Waals surface area contributed by atoms with Gasteiger partial charge in [0.05, 0.1) is 32.0 Å². The molecular weight excluding hydrogens is 306 g/mol. The van der Waals surface area contributed by atoms with Crippen molar-refractivity contribution < 1.29 is 39.9 Å². The second-order valence-corrected chi connectivity index (χ2v) is 4.96. The minimum absolute atomic E-state index is 0. The Kier molecular flexibility index (Phi) is 10.9. The molecule has 0 aliphatic heterocycles. The van der Waals surface area contributed by atoms with E-state index in [0.717, 1.165) is 0 Å². The van der Waals surface area contributed by atoms with Crippen LogP contribution in [0.15, 0.2) is 24.3 Å². The van der Waals surface area contributed by atoms with Gasteiger partial charge in [0.15, 0.2) is 0 Å². The molecule has 0 amide bonds. The molecule has 0 bridgehead atoms. The Morgan fingerprint density at radius 3 is 1.43 bits per heavy atom. The number of aliphatic hydroxyl groups excluding tert-OH is 4. The number of carbonyl (C=O) groups is 1. The van der Waals surface area contributed by atoms with Crippen molar-refractivity contribution in [3.8, 4) is 5.75 Å². The van der Waals surface area contributed by atoms with Crippen molar-refractivity contribution in [3.05, 3.63) is 29.8 Å². The number of quaternary nitrogens is 1. The summed E-state index contributed by atoms with van der Waals surface area (Å²) in [6.45, 7) is 1.84. The maximum atomic E-state index is 10.5. The molecule has 0 heterocycles. The number of hydrogen-bond donors (Lipinski definition) is 5. The van der Waals surface area contributed by atoms with E-state index in [1.807, 2.05) is 0 Å². The van der Waals surface area contributed by atoms with E-state index in [1.165, 1.54) is 24.3 Å². The molecular formula is C15H25NO7. The maximum absolute atomic E-state index is 10.5. The number of rotatable bonds is 9. The van der Waals surface area contributed by atoms with E-state index in [9.17, 15) is 9.90 Å². The van der Waals surface area contributed by atoms with Crippen molar-refractivity contribution in [2.45, 2.75) is 0 Å². The van der Waals surface area contributed by atoms with Crippen molar-refractivity contribution in [2.24, 2.45) is 0 Å². The summed E-state index contributed by atoms with van der Waals surface area (Å²) in [6.07, 6.45) is 0. The lowest BCUT2D eigenvalue weighted by Crippen LogP contribution is -2.54. The monoisotopic (exact) mass is 331 g/mol. The second-order valence-electron chi connectivity index (χ2n) is 4.96. The molecule has 1 aromatic carbocycles. The second kappa shape index (κ2) is 11.8. The number of aliphatic hydroxyl groups is 4. The number of carboxylic acids is 1. The largest absolute Gasteiger partial charge is 0.872 e. The molecule has 0 unspecified atom stereocenters. The topological polar surface area (TPSA) is 141 Å². The van der Waals surface area contributed by atoms with Gasteiger partial charge in [0.25, 0.3) is 0 Å². The molecule has 23 heavy (non-hydrogen) atoms. The van der Waals surface area contributed by atoms with Crippen molar-refractivity contribution in [2.75, 3.05) is 52.6 Å². The average Bonchev–Trinajstić information content (AvgIpc) is 2.49. The summed E-state index contributed by atoms with van der Waals surface area (Å²) in [5.74, 6) is -1.19. The minimum Gasteiger partial charge on any atom is -0.872 e. The minimum atomic E-state index is -1.01. The van der Waals surface area contributed by atoms with Crippen molar-refractivity contribution in [1.82, 2.24) is 0 Å². The van der Waals surface area contributed by atoms with Crippen LogP contribution in [-0.2, 0) is 0 Å². The van der Waals surface area contributed by atoms with Crippen LogP contribution >= 0.6 is 0 Å². The third-order valence-electron chi connectivity index (χ3n) is 3.40. The Bertz CT molecular complexity index is 406. The Morgan fingerprint density at radius 2 is 1.17 bits per heavy atom. The van der Waals surface area contributed by atoms with Gasteiger partial charge in [-0.2, -0.15) is 0 Å². The van der Waals surface area contributed by atoms with Crippen LogP contribution in [0.5, 0.6) is 5.75 Å². The zero-order valence-corrected chi connectivity index (χ0v) is 13.0. The molecule has 1 rings (SSSR count). The fourth-order valence-corrected chi connectivity index (χ4v) is 2.12. The Hall–Kier alpha value is -1.71. The number of benzene rings is 1. The lowest BCUT2D eigenvalue weighted by atomic mass is 10.2. The highest BCUT2D eigenvalue weighted by Crippen LogP contribution is 2.06. The van der Waals surface area contributed by atoms with E-state index in [1.54, 1.807) is 0 Å². The van der Waals surface area contributed by atoms with Gasteiger partial charge in [0, 0.05) is 0 Å². The predicted octanol–water partition coefficient (Wildman–Crippen LogP) is -1.77. The zero-order chi connectivity index (χ0) is 17.7. The predicted molar refractivity (Wildman–Crippen MR) is 80.9 cm³/mol. The lowest BCUT2D eigenvalue weighted by molar-refractivity contribution is -0.929. The van der Waals surface area contributed by atoms with E-state index in [-0.39, 0.29) is 37.7 Å². The highest BCUT2D eigenvalue weighted by Gasteiger charge is 2.24. The van der Waals surface area contributed by atoms with Crippen molar-refractivity contribution in [1.29, 1.82) is 0 Å². The first-order valence-corrected chi connectivity index (χ1v) is 7.23. The average molecular weight is 331 g/mol. The van der Waals surface area contributed by atoms with Gasteiger partial charge >= 0.3 is 5.97 Å². The molecule has 8 heteroatoms. The summed E-state index contributed by atoms with van der Waals surface area (Å²) in [5, 5.41) is 54.1. The molecule has 0 fully saturated rings. The molecule has 0 saturated heterocycles. The Labute approximate surface area is 135 Å². The van der Waals surface area contributed by atoms with Crippen LogP contribution in [0.25, 0.3) is 0 Å². The first-order chi connectivity index (χ1) is 10.9. The number of carboxylic acid groups (broad SMARTS) is 1. The molecule has 8 nitrogen and oxygen atoms in total. The van der Waals surface area contributed by atoms with Gasteiger partial charge in [-0.15, -0.1) is 5.75 Å². The molecule has 0 aliphatic carbocycles. The zero-order valence-electron chi connectivity index (χ0n) is 13.0. The number of aromatic carboxylic acids is 1. The molecule has 5 N–H and O–H groups in total. The van der Waals surface area contributed by atoms with E-state index < -0.39 is 5.97 Å². The van der Waals surface area contributed by atoms with Gasteiger partial charge in [-0.1, -0.05) is 12.1 Å². The molecule has 0 saturated carbocycles. The van der Waals surface area contributed by atoms with Crippen LogP contribution in [-0.4, -0.2) is 88.6 Å². The highest BCUT2D eigenvalue weighted by molar-refractivity contribution is 5.87. The summed E-state index contributed by atoms with van der Waals surface area (Å²) >= 11 is 0. The van der Waals surface area contributed by atoms with Crippen LogP contribution in [0.2, 0.25) is 0 Å². The summed E-state index contributed by atoms with van der Waals surface area (Å²) in [6, 6.07) is 5.02. The summed E-state index contributed by atoms with van der Waals surface area (Å²) in [5.41, 5.74) is 0.139. The molecule has 132 valence electrons. The lowest BCUT2D eigenvalue weighted by Gasteiger charge is -2.36. The number of nitrogens with zero attached hydrogens (tertiary/aromatic N) is 1. The highest BCUT2D eigenvalue weighted by atomic mass is 16.4. The molecule has 0 aromatic heterocycles. The van der Waals surface area contributed by atoms with Gasteiger partial charge in [-0.05, 0) is 12.1 Å². The van der Waals surface area contributed by atoms with Gasteiger partial charge in [-0.3, -0.25) is 0 Å². The van der Waals surface area contributed by atoms with Crippen LogP contribution in [0.3, 0.4) is 0 Å². The van der Waals surface area contributed by atoms with E-state index >= 15 is 0 Å². The van der Waals surface area contributed by atoms with Crippen molar-refractivity contribution in [3.63, 3.8) is 0 Å². The maximum Gasteiger partial charge on any atom is 0.335 e. The van der Waals surface area contributed by atoms with Crippen LogP contribution in [0.1, 0.15) is 10.4 Å². The Morgan fingerprint density at radius 1 is 0.826 bits per heavy atom. The Balaban J connectivity index is 0.000000433. The fraction of sp³-hybridized carbons (Fsp3) is 0.533. The summed E-state index contributed by atoms with van der Waals surface area (Å²) in [7, 11) is 0. The van der Waals surface area contributed by atoms with E-state index in [4.69, 9.17) is 25.5 Å². The van der Waals surface area contributed by atoms with Crippen molar-refractivity contribution >= 4 is 5.97 Å². The summed E-state index contributed by atoms with van der Waals surface area (Å²) < 4.78 is 0.375. The first kappa shape index (κ1) is 21.3. The molecule has 0 aliphatic rings.